The van der Waals surface area contributed by atoms with E-state index in [9.17, 15) is 13.2 Å². The number of aryl methyl sites for hydroxylation is 2. The Morgan fingerprint density at radius 1 is 1.06 bits per heavy atom. The van der Waals surface area contributed by atoms with Crippen LogP contribution in [-0.2, 0) is 19.0 Å². The van der Waals surface area contributed by atoms with Crippen molar-refractivity contribution >= 4 is 10.9 Å². The Balaban J connectivity index is 2.20. The Bertz CT molecular complexity index is 602. The SMILES string of the molecule is FC(F)(F)c1ccc2c3c(cnc2c1)CCCC3. The highest BCUT2D eigenvalue weighted by molar-refractivity contribution is 5.84. The fourth-order valence-electron chi connectivity index (χ4n) is 2.60. The largest absolute Gasteiger partial charge is 0.416 e. The quantitative estimate of drug-likeness (QED) is 0.686. The number of benzene rings is 1. The van der Waals surface area contributed by atoms with Gasteiger partial charge in [0.2, 0.25) is 0 Å². The lowest BCUT2D eigenvalue weighted by Crippen LogP contribution is -2.07. The van der Waals surface area contributed by atoms with Crippen molar-refractivity contribution in [3.63, 3.8) is 0 Å². The molecule has 2 aromatic rings. The highest BCUT2D eigenvalue weighted by Crippen LogP contribution is 2.33. The minimum absolute atomic E-state index is 0.450. The van der Waals surface area contributed by atoms with Gasteiger partial charge in [0.15, 0.2) is 0 Å². The molecule has 3 rings (SSSR count). The van der Waals surface area contributed by atoms with Crippen LogP contribution < -0.4 is 0 Å². The lowest BCUT2D eigenvalue weighted by Gasteiger charge is -2.17. The zero-order chi connectivity index (χ0) is 12.8. The summed E-state index contributed by atoms with van der Waals surface area (Å²) in [5.74, 6) is 0. The van der Waals surface area contributed by atoms with Gasteiger partial charge in [-0.3, -0.25) is 4.98 Å². The van der Waals surface area contributed by atoms with Gasteiger partial charge in [0.05, 0.1) is 11.1 Å². The summed E-state index contributed by atoms with van der Waals surface area (Å²) in [5.41, 5.74) is 2.19. The van der Waals surface area contributed by atoms with E-state index in [0.29, 0.717) is 5.52 Å². The molecule has 0 aliphatic heterocycles. The minimum Gasteiger partial charge on any atom is -0.256 e. The molecule has 0 spiro atoms. The maximum Gasteiger partial charge on any atom is 0.416 e. The van der Waals surface area contributed by atoms with E-state index in [2.05, 4.69) is 4.98 Å². The molecule has 0 atom stereocenters. The van der Waals surface area contributed by atoms with E-state index in [1.54, 1.807) is 12.3 Å². The molecule has 1 aliphatic carbocycles. The minimum atomic E-state index is -4.30. The van der Waals surface area contributed by atoms with Crippen LogP contribution >= 0.6 is 0 Å². The molecule has 94 valence electrons. The third kappa shape index (κ3) is 1.85. The number of halogens is 3. The molecule has 0 bridgehead atoms. The summed E-state index contributed by atoms with van der Waals surface area (Å²) >= 11 is 0. The summed E-state index contributed by atoms with van der Waals surface area (Å²) in [6.07, 6.45) is 1.61. The summed E-state index contributed by atoms with van der Waals surface area (Å²) in [6.45, 7) is 0. The highest BCUT2D eigenvalue weighted by atomic mass is 19.4. The van der Waals surface area contributed by atoms with Crippen LogP contribution in [0.15, 0.2) is 24.4 Å². The van der Waals surface area contributed by atoms with Gasteiger partial charge < -0.3 is 0 Å². The van der Waals surface area contributed by atoms with Crippen LogP contribution in [-0.4, -0.2) is 4.98 Å². The van der Waals surface area contributed by atoms with Crippen molar-refractivity contribution in [2.24, 2.45) is 0 Å². The van der Waals surface area contributed by atoms with Gasteiger partial charge >= 0.3 is 6.18 Å². The maximum atomic E-state index is 12.6. The number of rotatable bonds is 0. The molecule has 1 nitrogen and oxygen atoms in total. The van der Waals surface area contributed by atoms with Gasteiger partial charge in [-0.05, 0) is 48.9 Å². The van der Waals surface area contributed by atoms with Crippen molar-refractivity contribution in [1.29, 1.82) is 0 Å². The van der Waals surface area contributed by atoms with Crippen molar-refractivity contribution < 1.29 is 13.2 Å². The lowest BCUT2D eigenvalue weighted by molar-refractivity contribution is -0.137. The first kappa shape index (κ1) is 11.5. The van der Waals surface area contributed by atoms with Crippen LogP contribution in [0.5, 0.6) is 0 Å². The van der Waals surface area contributed by atoms with Crippen LogP contribution in [0, 0.1) is 0 Å². The topological polar surface area (TPSA) is 12.9 Å². The van der Waals surface area contributed by atoms with Crippen molar-refractivity contribution in [2.75, 3.05) is 0 Å². The second-order valence-corrected chi connectivity index (χ2v) is 4.70. The Morgan fingerprint density at radius 3 is 2.61 bits per heavy atom. The monoisotopic (exact) mass is 251 g/mol. The van der Waals surface area contributed by atoms with E-state index in [-0.39, 0.29) is 0 Å². The third-order valence-corrected chi connectivity index (χ3v) is 3.52. The molecule has 1 aromatic carbocycles. The van der Waals surface area contributed by atoms with Crippen molar-refractivity contribution in [2.45, 2.75) is 31.9 Å². The molecule has 1 aliphatic rings. The molecule has 0 radical (unpaired) electrons. The van der Waals surface area contributed by atoms with E-state index in [1.807, 2.05) is 0 Å². The number of pyridine rings is 1. The highest BCUT2D eigenvalue weighted by Gasteiger charge is 2.30. The van der Waals surface area contributed by atoms with Gasteiger partial charge in [0.1, 0.15) is 0 Å². The lowest BCUT2D eigenvalue weighted by atomic mass is 9.90. The summed E-state index contributed by atoms with van der Waals surface area (Å²) in [4.78, 5) is 4.17. The molecule has 0 N–H and O–H groups in total. The first-order valence-corrected chi connectivity index (χ1v) is 6.03. The molecule has 1 aromatic heterocycles. The van der Waals surface area contributed by atoms with Gasteiger partial charge in [0.25, 0.3) is 0 Å². The molecule has 0 fully saturated rings. The Hall–Kier alpha value is -1.58. The molecular weight excluding hydrogens is 239 g/mol. The fraction of sp³-hybridized carbons (Fsp3) is 0.357. The van der Waals surface area contributed by atoms with Gasteiger partial charge in [-0.2, -0.15) is 13.2 Å². The molecule has 1 heterocycles. The van der Waals surface area contributed by atoms with Gasteiger partial charge in [-0.25, -0.2) is 0 Å². The summed E-state index contributed by atoms with van der Waals surface area (Å²) in [5, 5.41) is 0.875. The first-order chi connectivity index (χ1) is 8.55. The van der Waals surface area contributed by atoms with Crippen LogP contribution in [0.4, 0.5) is 13.2 Å². The number of nitrogens with zero attached hydrogens (tertiary/aromatic N) is 1. The summed E-state index contributed by atoms with van der Waals surface area (Å²) < 4.78 is 37.9. The second kappa shape index (κ2) is 3.97. The van der Waals surface area contributed by atoms with Crippen LogP contribution in [0.2, 0.25) is 0 Å². The number of fused-ring (bicyclic) bond motifs is 3. The van der Waals surface area contributed by atoms with Gasteiger partial charge in [0, 0.05) is 11.6 Å². The number of alkyl halides is 3. The van der Waals surface area contributed by atoms with Gasteiger partial charge in [-0.1, -0.05) is 6.07 Å². The summed E-state index contributed by atoms with van der Waals surface area (Å²) in [7, 11) is 0. The molecule has 18 heavy (non-hydrogen) atoms. The smallest absolute Gasteiger partial charge is 0.256 e. The van der Waals surface area contributed by atoms with E-state index >= 15 is 0 Å². The molecule has 0 unspecified atom stereocenters. The molecule has 0 saturated heterocycles. The average Bonchev–Trinajstić information content (AvgIpc) is 2.37. The third-order valence-electron chi connectivity index (χ3n) is 3.52. The first-order valence-electron chi connectivity index (χ1n) is 6.03. The zero-order valence-electron chi connectivity index (χ0n) is 9.72. The van der Waals surface area contributed by atoms with Crippen molar-refractivity contribution in [3.05, 3.63) is 41.1 Å². The Kier molecular flexibility index (Phi) is 2.54. The zero-order valence-corrected chi connectivity index (χ0v) is 9.72. The van der Waals surface area contributed by atoms with Crippen LogP contribution in [0.25, 0.3) is 10.9 Å². The summed E-state index contributed by atoms with van der Waals surface area (Å²) in [6, 6.07) is 3.86. The normalized spacial score (nSPS) is 15.7. The molecule has 4 heteroatoms. The Morgan fingerprint density at radius 2 is 1.83 bits per heavy atom. The standard InChI is InChI=1S/C14H12F3N/c15-14(16,17)10-5-6-12-11-4-2-1-3-9(11)8-18-13(12)7-10/h5-8H,1-4H2. The number of hydrogen-bond donors (Lipinski definition) is 0. The average molecular weight is 251 g/mol. The van der Waals surface area contributed by atoms with Crippen LogP contribution in [0.3, 0.4) is 0 Å². The van der Waals surface area contributed by atoms with Gasteiger partial charge in [-0.15, -0.1) is 0 Å². The predicted molar refractivity (Wildman–Crippen MR) is 63.4 cm³/mol. The van der Waals surface area contributed by atoms with Crippen molar-refractivity contribution in [1.82, 2.24) is 4.98 Å². The number of aromatic nitrogens is 1. The number of hydrogen-bond acceptors (Lipinski definition) is 1. The maximum absolute atomic E-state index is 12.6. The van der Waals surface area contributed by atoms with E-state index in [0.717, 1.165) is 43.2 Å². The van der Waals surface area contributed by atoms with E-state index in [4.69, 9.17) is 0 Å². The molecule has 0 amide bonds. The predicted octanol–water partition coefficient (Wildman–Crippen LogP) is 4.13. The van der Waals surface area contributed by atoms with E-state index in [1.165, 1.54) is 11.1 Å². The fourth-order valence-corrected chi connectivity index (χ4v) is 2.60. The second-order valence-electron chi connectivity index (χ2n) is 4.70. The Labute approximate surface area is 103 Å². The van der Waals surface area contributed by atoms with Crippen LogP contribution in [0.1, 0.15) is 29.5 Å². The molecular formula is C14H12F3N. The molecule has 0 saturated carbocycles. The van der Waals surface area contributed by atoms with E-state index < -0.39 is 11.7 Å². The van der Waals surface area contributed by atoms with Crippen molar-refractivity contribution in [3.8, 4) is 0 Å².